The molecule has 1 aliphatic rings. The largest absolute Gasteiger partial charge is 0.450 e. The first-order valence-corrected chi connectivity index (χ1v) is 6.59. The summed E-state index contributed by atoms with van der Waals surface area (Å²) in [6, 6.07) is 0. The van der Waals surface area contributed by atoms with E-state index in [0.29, 0.717) is 24.8 Å². The summed E-state index contributed by atoms with van der Waals surface area (Å²) in [7, 11) is 0. The van der Waals surface area contributed by atoms with Gasteiger partial charge in [0.15, 0.2) is 5.13 Å². The van der Waals surface area contributed by atoms with E-state index in [1.54, 1.807) is 18.7 Å². The Morgan fingerprint density at radius 1 is 1.56 bits per heavy atom. The molecule has 0 radical (unpaired) electrons. The highest BCUT2D eigenvalue weighted by Crippen LogP contribution is 2.28. The molecule has 0 aliphatic carbocycles. The molecule has 0 saturated heterocycles. The highest BCUT2D eigenvalue weighted by Gasteiger charge is 2.22. The predicted octanol–water partition coefficient (Wildman–Crippen LogP) is 1.62. The molecule has 0 saturated carbocycles. The van der Waals surface area contributed by atoms with E-state index in [2.05, 4.69) is 10.3 Å². The molecule has 1 aromatic rings. The zero-order valence-corrected chi connectivity index (χ0v) is 11.2. The van der Waals surface area contributed by atoms with E-state index in [-0.39, 0.29) is 5.91 Å². The van der Waals surface area contributed by atoms with Crippen LogP contribution in [-0.2, 0) is 22.5 Å². The lowest BCUT2D eigenvalue weighted by Crippen LogP contribution is -2.33. The summed E-state index contributed by atoms with van der Waals surface area (Å²) in [5, 5.41) is 3.12. The van der Waals surface area contributed by atoms with Crippen LogP contribution in [-0.4, -0.2) is 35.0 Å². The number of carbonyl (C=O) groups is 2. The molecule has 98 valence electrons. The average Bonchev–Trinajstić information content (AvgIpc) is 2.69. The van der Waals surface area contributed by atoms with Gasteiger partial charge in [-0.1, -0.05) is 11.3 Å². The molecule has 0 atom stereocenters. The summed E-state index contributed by atoms with van der Waals surface area (Å²) >= 11 is 1.39. The smallest absolute Gasteiger partial charge is 0.413 e. The van der Waals surface area contributed by atoms with Crippen molar-refractivity contribution in [3.8, 4) is 0 Å². The molecule has 1 aliphatic heterocycles. The van der Waals surface area contributed by atoms with E-state index in [1.165, 1.54) is 11.3 Å². The Morgan fingerprint density at radius 2 is 2.33 bits per heavy atom. The van der Waals surface area contributed by atoms with Gasteiger partial charge in [0, 0.05) is 24.8 Å². The third kappa shape index (κ3) is 2.79. The summed E-state index contributed by atoms with van der Waals surface area (Å²) in [5.41, 5.74) is 0.962. The number of rotatable bonds is 2. The molecule has 2 heterocycles. The zero-order chi connectivity index (χ0) is 13.1. The van der Waals surface area contributed by atoms with E-state index in [1.807, 2.05) is 0 Å². The van der Waals surface area contributed by atoms with Crippen molar-refractivity contribution >= 4 is 28.5 Å². The molecule has 0 unspecified atom stereocenters. The Balaban J connectivity index is 2.05. The normalized spacial score (nSPS) is 14.0. The number of anilines is 1. The van der Waals surface area contributed by atoms with E-state index in [0.717, 1.165) is 17.0 Å². The fourth-order valence-corrected chi connectivity index (χ4v) is 2.78. The van der Waals surface area contributed by atoms with Crippen LogP contribution in [0.25, 0.3) is 0 Å². The van der Waals surface area contributed by atoms with Gasteiger partial charge in [-0.05, 0) is 6.92 Å². The lowest BCUT2D eigenvalue weighted by atomic mass is 10.2. The van der Waals surface area contributed by atoms with Crippen LogP contribution in [0.2, 0.25) is 0 Å². The lowest BCUT2D eigenvalue weighted by Gasteiger charge is -2.24. The Morgan fingerprint density at radius 3 is 3.00 bits per heavy atom. The number of thiazole rings is 1. The number of nitrogens with zero attached hydrogens (tertiary/aromatic N) is 2. The molecule has 2 rings (SSSR count). The summed E-state index contributed by atoms with van der Waals surface area (Å²) in [4.78, 5) is 29.7. The van der Waals surface area contributed by atoms with Gasteiger partial charge in [-0.15, -0.1) is 0 Å². The highest BCUT2D eigenvalue weighted by atomic mass is 32.1. The number of hydrogen-bond acceptors (Lipinski definition) is 5. The molecular weight excluding hydrogens is 254 g/mol. The summed E-state index contributed by atoms with van der Waals surface area (Å²) < 4.78 is 4.79. The summed E-state index contributed by atoms with van der Waals surface area (Å²) in [6.07, 6.45) is 0.239. The standard InChI is InChI=1S/C11H15N3O3S/c1-3-17-11(16)13-10-12-8-4-5-14(7(2)15)6-9(8)18-10/h3-6H2,1-2H3,(H,12,13,16). The fraction of sp³-hybridized carbons (Fsp3) is 0.545. The molecule has 0 spiro atoms. The van der Waals surface area contributed by atoms with Crippen LogP contribution in [0.5, 0.6) is 0 Å². The molecule has 2 amide bonds. The monoisotopic (exact) mass is 269 g/mol. The van der Waals surface area contributed by atoms with Gasteiger partial charge in [-0.2, -0.15) is 0 Å². The van der Waals surface area contributed by atoms with Crippen LogP contribution in [0.3, 0.4) is 0 Å². The van der Waals surface area contributed by atoms with Crippen LogP contribution < -0.4 is 5.32 Å². The van der Waals surface area contributed by atoms with E-state index >= 15 is 0 Å². The van der Waals surface area contributed by atoms with Crippen molar-refractivity contribution < 1.29 is 14.3 Å². The molecule has 0 fully saturated rings. The number of ether oxygens (including phenoxy) is 1. The van der Waals surface area contributed by atoms with Gasteiger partial charge >= 0.3 is 6.09 Å². The van der Waals surface area contributed by atoms with E-state index in [9.17, 15) is 9.59 Å². The van der Waals surface area contributed by atoms with Crippen LogP contribution in [0.4, 0.5) is 9.93 Å². The van der Waals surface area contributed by atoms with Gasteiger partial charge in [0.05, 0.1) is 18.8 Å². The minimum Gasteiger partial charge on any atom is -0.450 e. The molecular formula is C11H15N3O3S. The summed E-state index contributed by atoms with van der Waals surface area (Å²) in [6.45, 7) is 4.90. The SMILES string of the molecule is CCOC(=O)Nc1nc2c(s1)CN(C(C)=O)CC2. The van der Waals surface area contributed by atoms with Crippen molar-refractivity contribution in [3.05, 3.63) is 10.6 Å². The molecule has 1 N–H and O–H groups in total. The molecule has 7 heteroatoms. The van der Waals surface area contributed by atoms with Crippen molar-refractivity contribution in [2.75, 3.05) is 18.5 Å². The number of nitrogens with one attached hydrogen (secondary N) is 1. The van der Waals surface area contributed by atoms with E-state index in [4.69, 9.17) is 4.74 Å². The Labute approximate surface area is 109 Å². The first kappa shape index (κ1) is 12.8. The van der Waals surface area contributed by atoms with Gasteiger partial charge in [-0.3, -0.25) is 10.1 Å². The zero-order valence-electron chi connectivity index (χ0n) is 10.4. The molecule has 1 aromatic heterocycles. The molecule has 0 bridgehead atoms. The van der Waals surface area contributed by atoms with Gasteiger partial charge < -0.3 is 9.64 Å². The highest BCUT2D eigenvalue weighted by molar-refractivity contribution is 7.15. The van der Waals surface area contributed by atoms with Gasteiger partial charge in [0.25, 0.3) is 0 Å². The number of fused-ring (bicyclic) bond motifs is 1. The van der Waals surface area contributed by atoms with Crippen molar-refractivity contribution in [2.45, 2.75) is 26.8 Å². The number of hydrogen-bond donors (Lipinski definition) is 1. The number of carbonyl (C=O) groups excluding carboxylic acids is 2. The minimum atomic E-state index is -0.493. The fourth-order valence-electron chi connectivity index (χ4n) is 1.77. The Bertz CT molecular complexity index is 472. The van der Waals surface area contributed by atoms with E-state index < -0.39 is 6.09 Å². The molecule has 6 nitrogen and oxygen atoms in total. The van der Waals surface area contributed by atoms with Crippen molar-refractivity contribution in [2.24, 2.45) is 0 Å². The topological polar surface area (TPSA) is 71.5 Å². The Hall–Kier alpha value is -1.63. The second-order valence-corrected chi connectivity index (χ2v) is 5.01. The number of amides is 2. The maximum atomic E-state index is 11.3. The minimum absolute atomic E-state index is 0.0638. The first-order chi connectivity index (χ1) is 8.60. The quantitative estimate of drug-likeness (QED) is 0.885. The molecule has 0 aromatic carbocycles. The second-order valence-electron chi connectivity index (χ2n) is 3.92. The maximum absolute atomic E-state index is 11.3. The predicted molar refractivity (Wildman–Crippen MR) is 67.6 cm³/mol. The Kier molecular flexibility index (Phi) is 3.81. The van der Waals surface area contributed by atoms with Gasteiger partial charge in [0.1, 0.15) is 0 Å². The maximum Gasteiger partial charge on any atom is 0.413 e. The van der Waals surface area contributed by atoms with Crippen molar-refractivity contribution in [3.63, 3.8) is 0 Å². The van der Waals surface area contributed by atoms with Crippen LogP contribution in [0, 0.1) is 0 Å². The second kappa shape index (κ2) is 5.34. The molecule has 18 heavy (non-hydrogen) atoms. The third-order valence-electron chi connectivity index (χ3n) is 2.66. The van der Waals surface area contributed by atoms with Crippen LogP contribution in [0.15, 0.2) is 0 Å². The average molecular weight is 269 g/mol. The van der Waals surface area contributed by atoms with Crippen molar-refractivity contribution in [1.82, 2.24) is 9.88 Å². The third-order valence-corrected chi connectivity index (χ3v) is 3.66. The summed E-state index contributed by atoms with van der Waals surface area (Å²) in [5.74, 6) is 0.0638. The van der Waals surface area contributed by atoms with Gasteiger partial charge in [-0.25, -0.2) is 9.78 Å². The lowest BCUT2D eigenvalue weighted by molar-refractivity contribution is -0.129. The van der Waals surface area contributed by atoms with Crippen molar-refractivity contribution in [1.29, 1.82) is 0 Å². The number of aromatic nitrogens is 1. The first-order valence-electron chi connectivity index (χ1n) is 5.78. The van der Waals surface area contributed by atoms with Crippen LogP contribution >= 0.6 is 11.3 Å². The van der Waals surface area contributed by atoms with Crippen LogP contribution in [0.1, 0.15) is 24.4 Å². The van der Waals surface area contributed by atoms with Gasteiger partial charge in [0.2, 0.25) is 5.91 Å².